The summed E-state index contributed by atoms with van der Waals surface area (Å²) in [6.45, 7) is 4.34. The van der Waals surface area contributed by atoms with Crippen molar-refractivity contribution in [1.82, 2.24) is 9.97 Å². The Hall–Kier alpha value is -3.08. The number of nitrogens with zero attached hydrogens (tertiary/aromatic N) is 2. The topological polar surface area (TPSA) is 52.1 Å². The lowest BCUT2D eigenvalue weighted by Gasteiger charge is -2.08. The van der Waals surface area contributed by atoms with E-state index in [0.29, 0.717) is 23.4 Å². The highest BCUT2D eigenvalue weighted by atomic mass is 19.1. The van der Waals surface area contributed by atoms with E-state index >= 15 is 0 Å². The summed E-state index contributed by atoms with van der Waals surface area (Å²) in [7, 11) is 0. The summed E-state index contributed by atoms with van der Waals surface area (Å²) in [5.41, 5.74) is 3.01. The van der Waals surface area contributed by atoms with Crippen LogP contribution in [-0.4, -0.2) is 15.9 Å². The molecule has 2 aromatic carbocycles. The zero-order valence-electron chi connectivity index (χ0n) is 20.4. The van der Waals surface area contributed by atoms with E-state index in [2.05, 4.69) is 23.8 Å². The second-order valence-electron chi connectivity index (χ2n) is 8.76. The summed E-state index contributed by atoms with van der Waals surface area (Å²) in [4.78, 5) is 21.5. The minimum Gasteiger partial charge on any atom is -0.423 e. The number of esters is 1. The van der Waals surface area contributed by atoms with Gasteiger partial charge in [0.25, 0.3) is 0 Å². The van der Waals surface area contributed by atoms with Gasteiger partial charge in [0.1, 0.15) is 11.6 Å². The fourth-order valence-corrected chi connectivity index (χ4v) is 3.85. The molecule has 0 aliphatic rings. The van der Waals surface area contributed by atoms with Crippen LogP contribution in [-0.2, 0) is 12.8 Å². The van der Waals surface area contributed by atoms with Gasteiger partial charge in [-0.15, -0.1) is 0 Å². The van der Waals surface area contributed by atoms with E-state index in [9.17, 15) is 9.18 Å². The van der Waals surface area contributed by atoms with Gasteiger partial charge in [-0.3, -0.25) is 0 Å². The zero-order chi connectivity index (χ0) is 24.2. The third-order valence-corrected chi connectivity index (χ3v) is 5.94. The molecule has 0 amide bonds. The lowest BCUT2D eigenvalue weighted by Crippen LogP contribution is -2.09. The number of unbranched alkanes of at least 4 members (excludes halogenated alkanes) is 6. The highest BCUT2D eigenvalue weighted by Gasteiger charge is 2.12. The molecule has 0 atom stereocenters. The van der Waals surface area contributed by atoms with Crippen molar-refractivity contribution in [2.75, 3.05) is 0 Å². The standard InChI is InChI=1S/C29H35FN2O2/c1-3-5-7-8-10-11-22-20-31-28(32-21-22)24-13-15-25(16-14-24)29(33)34-26-18-17-23(27(30)19-26)12-9-6-4-2/h13-21H,3-12H2,1-2H3. The van der Waals surface area contributed by atoms with Gasteiger partial charge < -0.3 is 4.74 Å². The predicted octanol–water partition coefficient (Wildman–Crippen LogP) is 7.75. The van der Waals surface area contributed by atoms with Crippen LogP contribution in [0.15, 0.2) is 54.9 Å². The number of aromatic nitrogens is 2. The Kier molecular flexibility index (Phi) is 10.2. The molecule has 1 aromatic heterocycles. The van der Waals surface area contributed by atoms with Crippen LogP contribution in [0.2, 0.25) is 0 Å². The summed E-state index contributed by atoms with van der Waals surface area (Å²) in [6, 6.07) is 11.6. The van der Waals surface area contributed by atoms with Crippen molar-refractivity contribution in [3.8, 4) is 17.1 Å². The highest BCUT2D eigenvalue weighted by Crippen LogP contribution is 2.21. The van der Waals surface area contributed by atoms with Crippen LogP contribution in [0.3, 0.4) is 0 Å². The Balaban J connectivity index is 1.54. The lowest BCUT2D eigenvalue weighted by atomic mass is 10.1. The largest absolute Gasteiger partial charge is 0.423 e. The maximum absolute atomic E-state index is 14.3. The van der Waals surface area contributed by atoms with Crippen molar-refractivity contribution in [3.05, 3.63) is 77.4 Å². The van der Waals surface area contributed by atoms with E-state index in [-0.39, 0.29) is 11.6 Å². The first-order chi connectivity index (χ1) is 16.6. The van der Waals surface area contributed by atoms with Crippen LogP contribution in [0.4, 0.5) is 4.39 Å². The first-order valence-electron chi connectivity index (χ1n) is 12.5. The molecule has 3 rings (SSSR count). The maximum atomic E-state index is 14.3. The number of hydrogen-bond acceptors (Lipinski definition) is 4. The maximum Gasteiger partial charge on any atom is 0.343 e. The summed E-state index contributed by atoms with van der Waals surface area (Å²) in [6.07, 6.45) is 14.8. The van der Waals surface area contributed by atoms with Crippen molar-refractivity contribution in [3.63, 3.8) is 0 Å². The Bertz CT molecular complexity index is 1030. The average Bonchev–Trinajstić information content (AvgIpc) is 2.86. The quantitative estimate of drug-likeness (QED) is 0.148. The summed E-state index contributed by atoms with van der Waals surface area (Å²) in [5, 5.41) is 0. The van der Waals surface area contributed by atoms with Gasteiger partial charge >= 0.3 is 5.97 Å². The molecule has 0 fully saturated rings. The van der Waals surface area contributed by atoms with E-state index in [1.807, 2.05) is 12.4 Å². The fourth-order valence-electron chi connectivity index (χ4n) is 3.85. The van der Waals surface area contributed by atoms with Crippen molar-refractivity contribution in [1.29, 1.82) is 0 Å². The average molecular weight is 463 g/mol. The number of carbonyl (C=O) groups is 1. The molecule has 0 aliphatic heterocycles. The number of carbonyl (C=O) groups excluding carboxylic acids is 1. The Labute approximate surface area is 202 Å². The number of ether oxygens (including phenoxy) is 1. The van der Waals surface area contributed by atoms with Crippen LogP contribution in [0.1, 0.15) is 86.7 Å². The Morgan fingerprint density at radius 3 is 2.15 bits per heavy atom. The highest BCUT2D eigenvalue weighted by molar-refractivity contribution is 5.91. The van der Waals surface area contributed by atoms with E-state index < -0.39 is 5.97 Å². The molecule has 0 bridgehead atoms. The molecule has 180 valence electrons. The molecule has 4 nitrogen and oxygen atoms in total. The SMILES string of the molecule is CCCCCCCc1cnc(-c2ccc(C(=O)Oc3ccc(CCCCC)c(F)c3)cc2)nc1. The molecular formula is C29H35FN2O2. The second kappa shape index (κ2) is 13.6. The third kappa shape index (κ3) is 7.75. The van der Waals surface area contributed by atoms with Gasteiger partial charge in [-0.25, -0.2) is 19.2 Å². The Morgan fingerprint density at radius 2 is 1.47 bits per heavy atom. The first-order valence-corrected chi connectivity index (χ1v) is 12.5. The molecule has 0 spiro atoms. The molecule has 0 N–H and O–H groups in total. The number of benzene rings is 2. The van der Waals surface area contributed by atoms with Crippen LogP contribution >= 0.6 is 0 Å². The van der Waals surface area contributed by atoms with E-state index in [4.69, 9.17) is 4.74 Å². The van der Waals surface area contributed by atoms with Gasteiger partial charge in [0.05, 0.1) is 5.56 Å². The molecular weight excluding hydrogens is 427 g/mol. The van der Waals surface area contributed by atoms with E-state index in [1.165, 1.54) is 31.7 Å². The van der Waals surface area contributed by atoms with Crippen molar-refractivity contribution < 1.29 is 13.9 Å². The van der Waals surface area contributed by atoms with Crippen LogP contribution < -0.4 is 4.74 Å². The van der Waals surface area contributed by atoms with Crippen molar-refractivity contribution in [2.24, 2.45) is 0 Å². The van der Waals surface area contributed by atoms with Gasteiger partial charge in [-0.05, 0) is 55.0 Å². The van der Waals surface area contributed by atoms with E-state index in [1.54, 1.807) is 36.4 Å². The normalized spacial score (nSPS) is 10.9. The molecule has 0 aliphatic carbocycles. The second-order valence-corrected chi connectivity index (χ2v) is 8.76. The minimum atomic E-state index is -0.524. The summed E-state index contributed by atoms with van der Waals surface area (Å²) in [5.74, 6) is -0.0304. The molecule has 0 saturated carbocycles. The number of halogens is 1. The molecule has 1 heterocycles. The smallest absolute Gasteiger partial charge is 0.343 e. The van der Waals surface area contributed by atoms with E-state index in [0.717, 1.165) is 43.2 Å². The van der Waals surface area contributed by atoms with Gasteiger partial charge in [0.2, 0.25) is 0 Å². The van der Waals surface area contributed by atoms with Gasteiger partial charge in [0.15, 0.2) is 5.82 Å². The molecule has 3 aromatic rings. The Morgan fingerprint density at radius 1 is 0.824 bits per heavy atom. The van der Waals surface area contributed by atoms with Crippen LogP contribution in [0.5, 0.6) is 5.75 Å². The molecule has 0 saturated heterocycles. The summed E-state index contributed by atoms with van der Waals surface area (Å²) < 4.78 is 19.7. The monoisotopic (exact) mass is 462 g/mol. The number of aryl methyl sites for hydroxylation is 2. The first kappa shape index (κ1) is 25.5. The fraction of sp³-hybridized carbons (Fsp3) is 0.414. The van der Waals surface area contributed by atoms with Crippen molar-refractivity contribution >= 4 is 5.97 Å². The van der Waals surface area contributed by atoms with Gasteiger partial charge in [0, 0.05) is 24.0 Å². The van der Waals surface area contributed by atoms with Gasteiger partial charge in [-0.1, -0.05) is 70.6 Å². The minimum absolute atomic E-state index is 0.208. The molecule has 0 unspecified atom stereocenters. The molecule has 0 radical (unpaired) electrons. The number of hydrogen-bond donors (Lipinski definition) is 0. The zero-order valence-corrected chi connectivity index (χ0v) is 20.4. The molecule has 5 heteroatoms. The van der Waals surface area contributed by atoms with Crippen LogP contribution in [0.25, 0.3) is 11.4 Å². The predicted molar refractivity (Wildman–Crippen MR) is 135 cm³/mol. The lowest BCUT2D eigenvalue weighted by molar-refractivity contribution is 0.0734. The van der Waals surface area contributed by atoms with Gasteiger partial charge in [-0.2, -0.15) is 0 Å². The molecule has 34 heavy (non-hydrogen) atoms. The number of rotatable bonds is 13. The van der Waals surface area contributed by atoms with Crippen molar-refractivity contribution in [2.45, 2.75) is 78.1 Å². The summed E-state index contributed by atoms with van der Waals surface area (Å²) >= 11 is 0. The third-order valence-electron chi connectivity index (χ3n) is 5.94. The van der Waals surface area contributed by atoms with Crippen LogP contribution in [0, 0.1) is 5.82 Å².